The van der Waals surface area contributed by atoms with E-state index in [-0.39, 0.29) is 6.04 Å². The molecule has 0 fully saturated rings. The first kappa shape index (κ1) is 15.2. The van der Waals surface area contributed by atoms with Crippen molar-refractivity contribution in [1.29, 1.82) is 0 Å². The average molecular weight is 251 g/mol. The molecule has 1 unspecified atom stereocenters. The Labute approximate surface area is 110 Å². The first-order valence-corrected chi connectivity index (χ1v) is 6.82. The number of nitrogens with one attached hydrogen (secondary N) is 1. The Morgan fingerprint density at radius 2 is 1.72 bits per heavy atom. The van der Waals surface area contributed by atoms with E-state index in [9.17, 15) is 0 Å². The predicted octanol–water partition coefficient (Wildman–Crippen LogP) is 2.78. The van der Waals surface area contributed by atoms with Crippen molar-refractivity contribution in [2.24, 2.45) is 0 Å². The smallest absolute Gasteiger partial charge is 0.0701 e. The zero-order chi connectivity index (χ0) is 13.1. The molecule has 0 spiro atoms. The lowest BCUT2D eigenvalue weighted by Crippen LogP contribution is -2.26. The Balaban J connectivity index is 2.26. The zero-order valence-corrected chi connectivity index (χ0v) is 11.5. The number of hydrogen-bond acceptors (Lipinski definition) is 3. The maximum absolute atomic E-state index is 5.66. The monoisotopic (exact) mass is 251 g/mol. The molecule has 1 aromatic rings. The molecule has 0 radical (unpaired) electrons. The van der Waals surface area contributed by atoms with Crippen molar-refractivity contribution in [3.63, 3.8) is 0 Å². The number of rotatable bonds is 10. The fraction of sp³-hybridized carbons (Fsp3) is 0.600. The fourth-order valence-electron chi connectivity index (χ4n) is 1.77. The van der Waals surface area contributed by atoms with Crippen LogP contribution in [0.15, 0.2) is 30.3 Å². The van der Waals surface area contributed by atoms with Crippen LogP contribution < -0.4 is 5.32 Å². The molecule has 1 atom stereocenters. The molecule has 3 nitrogen and oxygen atoms in total. The summed E-state index contributed by atoms with van der Waals surface area (Å²) in [5.74, 6) is 0. The van der Waals surface area contributed by atoms with Crippen LogP contribution in [-0.2, 0) is 9.47 Å². The molecule has 0 aliphatic heterocycles. The van der Waals surface area contributed by atoms with Crippen LogP contribution in [0.5, 0.6) is 0 Å². The van der Waals surface area contributed by atoms with E-state index in [2.05, 4.69) is 43.4 Å². The number of hydrogen-bond donors (Lipinski definition) is 1. The number of benzene rings is 1. The molecular weight excluding hydrogens is 226 g/mol. The van der Waals surface area contributed by atoms with Crippen molar-refractivity contribution in [2.75, 3.05) is 33.0 Å². The topological polar surface area (TPSA) is 30.5 Å². The van der Waals surface area contributed by atoms with Crippen LogP contribution in [-0.4, -0.2) is 33.0 Å². The predicted molar refractivity (Wildman–Crippen MR) is 74.8 cm³/mol. The Morgan fingerprint density at radius 3 is 2.39 bits per heavy atom. The average Bonchev–Trinajstić information content (AvgIpc) is 2.42. The van der Waals surface area contributed by atoms with Gasteiger partial charge in [-0.05, 0) is 18.5 Å². The van der Waals surface area contributed by atoms with Gasteiger partial charge in [-0.15, -0.1) is 0 Å². The van der Waals surface area contributed by atoms with Crippen molar-refractivity contribution in [3.8, 4) is 0 Å². The van der Waals surface area contributed by atoms with Gasteiger partial charge in [-0.2, -0.15) is 0 Å². The van der Waals surface area contributed by atoms with Gasteiger partial charge in [0.2, 0.25) is 0 Å². The molecule has 0 saturated heterocycles. The highest BCUT2D eigenvalue weighted by Crippen LogP contribution is 2.12. The summed E-state index contributed by atoms with van der Waals surface area (Å²) in [6, 6.07) is 10.7. The van der Waals surface area contributed by atoms with Gasteiger partial charge in [0.1, 0.15) is 0 Å². The molecule has 0 aliphatic rings. The van der Waals surface area contributed by atoms with E-state index in [1.54, 1.807) is 0 Å². The van der Waals surface area contributed by atoms with Crippen molar-refractivity contribution < 1.29 is 9.47 Å². The fourth-order valence-corrected chi connectivity index (χ4v) is 1.77. The normalized spacial score (nSPS) is 12.6. The maximum atomic E-state index is 5.66. The van der Waals surface area contributed by atoms with Crippen LogP contribution in [0.1, 0.15) is 31.9 Å². The van der Waals surface area contributed by atoms with E-state index >= 15 is 0 Å². The second-order valence-electron chi connectivity index (χ2n) is 4.21. The van der Waals surface area contributed by atoms with E-state index in [1.807, 2.05) is 6.07 Å². The van der Waals surface area contributed by atoms with Crippen LogP contribution >= 0.6 is 0 Å². The zero-order valence-electron chi connectivity index (χ0n) is 11.5. The lowest BCUT2D eigenvalue weighted by molar-refractivity contribution is 0.0393. The first-order chi connectivity index (χ1) is 8.88. The third-order valence-corrected chi connectivity index (χ3v) is 2.66. The van der Waals surface area contributed by atoms with Crippen LogP contribution in [0.4, 0.5) is 0 Å². The Bertz CT molecular complexity index is 290. The van der Waals surface area contributed by atoms with Gasteiger partial charge in [-0.25, -0.2) is 0 Å². The molecule has 0 bridgehead atoms. The second-order valence-corrected chi connectivity index (χ2v) is 4.21. The van der Waals surface area contributed by atoms with Gasteiger partial charge in [0.25, 0.3) is 0 Å². The van der Waals surface area contributed by atoms with Gasteiger partial charge in [-0.1, -0.05) is 44.2 Å². The molecular formula is C15H25NO2. The largest absolute Gasteiger partial charge is 0.379 e. The summed E-state index contributed by atoms with van der Waals surface area (Å²) in [4.78, 5) is 0. The van der Waals surface area contributed by atoms with Gasteiger partial charge in [0, 0.05) is 6.61 Å². The molecule has 0 aromatic heterocycles. The SMILES string of the molecule is CCCOCCOCC(NCC)c1ccccc1. The third-order valence-electron chi connectivity index (χ3n) is 2.66. The molecule has 1 N–H and O–H groups in total. The minimum Gasteiger partial charge on any atom is -0.379 e. The van der Waals surface area contributed by atoms with Crippen LogP contribution in [0.2, 0.25) is 0 Å². The number of ether oxygens (including phenoxy) is 2. The molecule has 3 heteroatoms. The standard InChI is InChI=1S/C15H25NO2/c1-3-10-17-11-12-18-13-15(16-4-2)14-8-6-5-7-9-14/h5-9,15-16H,3-4,10-13H2,1-2H3. The Morgan fingerprint density at radius 1 is 1.00 bits per heavy atom. The highest BCUT2D eigenvalue weighted by atomic mass is 16.5. The van der Waals surface area contributed by atoms with Crippen LogP contribution in [0, 0.1) is 0 Å². The van der Waals surface area contributed by atoms with E-state index in [0.717, 1.165) is 19.6 Å². The van der Waals surface area contributed by atoms with Crippen molar-refractivity contribution >= 4 is 0 Å². The van der Waals surface area contributed by atoms with Crippen LogP contribution in [0.25, 0.3) is 0 Å². The summed E-state index contributed by atoms with van der Waals surface area (Å²) in [5, 5.41) is 3.44. The van der Waals surface area contributed by atoms with E-state index in [1.165, 1.54) is 5.56 Å². The lowest BCUT2D eigenvalue weighted by atomic mass is 10.1. The number of likely N-dealkylation sites (N-methyl/N-ethyl adjacent to an activating group) is 1. The summed E-state index contributed by atoms with van der Waals surface area (Å²) in [6.45, 7) is 8.01. The van der Waals surface area contributed by atoms with E-state index < -0.39 is 0 Å². The molecule has 0 amide bonds. The quantitative estimate of drug-likeness (QED) is 0.649. The Hall–Kier alpha value is -0.900. The van der Waals surface area contributed by atoms with Gasteiger partial charge < -0.3 is 14.8 Å². The van der Waals surface area contributed by atoms with Crippen molar-refractivity contribution in [3.05, 3.63) is 35.9 Å². The lowest BCUT2D eigenvalue weighted by Gasteiger charge is -2.18. The molecule has 1 rings (SSSR count). The van der Waals surface area contributed by atoms with E-state index in [0.29, 0.717) is 19.8 Å². The maximum Gasteiger partial charge on any atom is 0.0701 e. The minimum atomic E-state index is 0.266. The van der Waals surface area contributed by atoms with Gasteiger partial charge in [0.05, 0.1) is 25.9 Å². The Kier molecular flexibility index (Phi) is 8.47. The van der Waals surface area contributed by atoms with Gasteiger partial charge in [0.15, 0.2) is 0 Å². The molecule has 0 saturated carbocycles. The van der Waals surface area contributed by atoms with E-state index in [4.69, 9.17) is 9.47 Å². The van der Waals surface area contributed by atoms with Gasteiger partial charge in [-0.3, -0.25) is 0 Å². The summed E-state index contributed by atoms with van der Waals surface area (Å²) in [7, 11) is 0. The summed E-state index contributed by atoms with van der Waals surface area (Å²) in [6.07, 6.45) is 1.06. The van der Waals surface area contributed by atoms with Crippen molar-refractivity contribution in [2.45, 2.75) is 26.3 Å². The molecule has 18 heavy (non-hydrogen) atoms. The molecule has 0 aliphatic carbocycles. The minimum absolute atomic E-state index is 0.266. The highest BCUT2D eigenvalue weighted by Gasteiger charge is 2.09. The molecule has 1 aromatic carbocycles. The molecule has 102 valence electrons. The third kappa shape index (κ3) is 6.15. The molecule has 0 heterocycles. The summed E-state index contributed by atoms with van der Waals surface area (Å²) in [5.41, 5.74) is 1.27. The highest BCUT2D eigenvalue weighted by molar-refractivity contribution is 5.18. The second kappa shape index (κ2) is 10.1. The van der Waals surface area contributed by atoms with Gasteiger partial charge >= 0.3 is 0 Å². The first-order valence-electron chi connectivity index (χ1n) is 6.82. The summed E-state index contributed by atoms with van der Waals surface area (Å²) < 4.78 is 11.0. The van der Waals surface area contributed by atoms with Crippen molar-refractivity contribution in [1.82, 2.24) is 5.32 Å². The summed E-state index contributed by atoms with van der Waals surface area (Å²) >= 11 is 0. The van der Waals surface area contributed by atoms with Crippen LogP contribution in [0.3, 0.4) is 0 Å².